The van der Waals surface area contributed by atoms with Crippen molar-refractivity contribution in [2.75, 3.05) is 13.1 Å². The van der Waals surface area contributed by atoms with Gasteiger partial charge < -0.3 is 9.47 Å². The van der Waals surface area contributed by atoms with Crippen molar-refractivity contribution in [3.05, 3.63) is 34.2 Å². The Morgan fingerprint density at radius 1 is 1.29 bits per heavy atom. The summed E-state index contributed by atoms with van der Waals surface area (Å²) in [6, 6.07) is 1.57. The first-order valence-corrected chi connectivity index (χ1v) is 6.83. The van der Waals surface area contributed by atoms with Gasteiger partial charge in [-0.15, -0.1) is 0 Å². The van der Waals surface area contributed by atoms with Crippen LogP contribution in [0.1, 0.15) is 25.3 Å². The Balaban J connectivity index is 2.12. The minimum atomic E-state index is -4.53. The highest BCUT2D eigenvalue weighted by Gasteiger charge is 2.31. The molecule has 2 rings (SSSR count). The first-order valence-electron chi connectivity index (χ1n) is 6.83. The van der Waals surface area contributed by atoms with E-state index in [1.165, 1.54) is 0 Å². The molecule has 4 nitrogen and oxygen atoms in total. The van der Waals surface area contributed by atoms with Crippen molar-refractivity contribution < 1.29 is 18.0 Å². The zero-order valence-corrected chi connectivity index (χ0v) is 11.7. The summed E-state index contributed by atoms with van der Waals surface area (Å²) in [4.78, 5) is 25.3. The fourth-order valence-corrected chi connectivity index (χ4v) is 2.33. The van der Waals surface area contributed by atoms with Gasteiger partial charge in [-0.3, -0.25) is 9.59 Å². The second-order valence-corrected chi connectivity index (χ2v) is 5.44. The summed E-state index contributed by atoms with van der Waals surface area (Å²) in [5, 5.41) is 0. The minimum Gasteiger partial charge on any atom is -0.341 e. The average Bonchev–Trinajstić information content (AvgIpc) is 2.40. The van der Waals surface area contributed by atoms with E-state index >= 15 is 0 Å². The van der Waals surface area contributed by atoms with E-state index in [0.29, 0.717) is 25.2 Å². The third kappa shape index (κ3) is 3.86. The van der Waals surface area contributed by atoms with Crippen molar-refractivity contribution >= 4 is 5.91 Å². The zero-order chi connectivity index (χ0) is 15.6. The van der Waals surface area contributed by atoms with Crippen LogP contribution >= 0.6 is 0 Å². The lowest BCUT2D eigenvalue weighted by atomic mass is 9.99. The van der Waals surface area contributed by atoms with E-state index in [-0.39, 0.29) is 12.5 Å². The summed E-state index contributed by atoms with van der Waals surface area (Å²) in [6.07, 6.45) is -2.07. The molecule has 0 atom stereocenters. The van der Waals surface area contributed by atoms with Crippen molar-refractivity contribution in [2.24, 2.45) is 5.92 Å². The lowest BCUT2D eigenvalue weighted by Crippen LogP contribution is -2.41. The maximum atomic E-state index is 12.6. The summed E-state index contributed by atoms with van der Waals surface area (Å²) in [5.41, 5.74) is -1.54. The zero-order valence-electron chi connectivity index (χ0n) is 11.7. The number of alkyl halides is 3. The number of hydrogen-bond donors (Lipinski definition) is 0. The van der Waals surface area contributed by atoms with Gasteiger partial charge in [0.15, 0.2) is 0 Å². The summed E-state index contributed by atoms with van der Waals surface area (Å²) in [7, 11) is 0. The highest BCUT2D eigenvalue weighted by atomic mass is 19.4. The Morgan fingerprint density at radius 2 is 1.90 bits per heavy atom. The number of hydrogen-bond acceptors (Lipinski definition) is 2. The molecule has 1 aliphatic heterocycles. The van der Waals surface area contributed by atoms with Gasteiger partial charge >= 0.3 is 6.18 Å². The van der Waals surface area contributed by atoms with E-state index in [9.17, 15) is 22.8 Å². The number of piperidine rings is 1. The van der Waals surface area contributed by atoms with Crippen LogP contribution in [0.4, 0.5) is 13.2 Å². The maximum absolute atomic E-state index is 12.6. The topological polar surface area (TPSA) is 42.3 Å². The maximum Gasteiger partial charge on any atom is 0.417 e. The summed E-state index contributed by atoms with van der Waals surface area (Å²) in [5.74, 6) is 0.230. The second kappa shape index (κ2) is 5.91. The number of halogens is 3. The fraction of sp³-hybridized carbons (Fsp3) is 0.571. The molecule has 1 fully saturated rings. The first-order chi connectivity index (χ1) is 9.77. The summed E-state index contributed by atoms with van der Waals surface area (Å²) >= 11 is 0. The summed E-state index contributed by atoms with van der Waals surface area (Å²) in [6.45, 7) is 2.93. The third-order valence-electron chi connectivity index (χ3n) is 3.75. The number of pyridine rings is 1. The second-order valence-electron chi connectivity index (χ2n) is 5.44. The van der Waals surface area contributed by atoms with E-state index in [1.54, 1.807) is 4.90 Å². The number of aromatic nitrogens is 1. The Bertz CT molecular complexity index is 572. The van der Waals surface area contributed by atoms with E-state index < -0.39 is 17.3 Å². The normalized spacial score (nSPS) is 17.0. The molecule has 0 unspecified atom stereocenters. The van der Waals surface area contributed by atoms with E-state index in [2.05, 4.69) is 6.92 Å². The number of likely N-dealkylation sites (tertiary alicyclic amines) is 1. The molecular weight excluding hydrogens is 285 g/mol. The minimum absolute atomic E-state index is 0.316. The molecule has 21 heavy (non-hydrogen) atoms. The molecule has 0 saturated carbocycles. The average molecular weight is 302 g/mol. The Labute approximate surface area is 120 Å². The molecule has 1 amide bonds. The van der Waals surface area contributed by atoms with Crippen molar-refractivity contribution in [1.82, 2.24) is 9.47 Å². The molecular formula is C14H17F3N2O2. The van der Waals surface area contributed by atoms with Crippen LogP contribution in [0.3, 0.4) is 0 Å². The van der Waals surface area contributed by atoms with Crippen LogP contribution in [0.2, 0.25) is 0 Å². The van der Waals surface area contributed by atoms with Gasteiger partial charge in [0.25, 0.3) is 5.56 Å². The van der Waals surface area contributed by atoms with Crippen molar-refractivity contribution in [1.29, 1.82) is 0 Å². The van der Waals surface area contributed by atoms with E-state index in [4.69, 9.17) is 0 Å². The molecule has 1 aromatic heterocycles. The molecule has 116 valence electrons. The molecule has 7 heteroatoms. The SMILES string of the molecule is CC1CCN(C(=O)Cn2cc(C(F)(F)F)ccc2=O)CC1. The molecule has 1 aliphatic rings. The predicted octanol–water partition coefficient (Wildman–Crippen LogP) is 2.13. The first kappa shape index (κ1) is 15.6. The fourth-order valence-electron chi connectivity index (χ4n) is 2.33. The predicted molar refractivity (Wildman–Crippen MR) is 70.7 cm³/mol. The van der Waals surface area contributed by atoms with Gasteiger partial charge in [0.2, 0.25) is 5.91 Å². The van der Waals surface area contributed by atoms with Crippen molar-refractivity contribution in [3.8, 4) is 0 Å². The van der Waals surface area contributed by atoms with Gasteiger partial charge in [-0.1, -0.05) is 6.92 Å². The largest absolute Gasteiger partial charge is 0.417 e. The number of carbonyl (C=O) groups excluding carboxylic acids is 1. The van der Waals surface area contributed by atoms with Gasteiger partial charge in [0, 0.05) is 25.4 Å². The van der Waals surface area contributed by atoms with Crippen molar-refractivity contribution in [3.63, 3.8) is 0 Å². The highest BCUT2D eigenvalue weighted by molar-refractivity contribution is 5.76. The van der Waals surface area contributed by atoms with E-state index in [0.717, 1.165) is 29.5 Å². The number of rotatable bonds is 2. The number of carbonyl (C=O) groups is 1. The Morgan fingerprint density at radius 3 is 2.48 bits per heavy atom. The molecule has 0 aliphatic carbocycles. The van der Waals surface area contributed by atoms with Crippen LogP contribution in [0.25, 0.3) is 0 Å². The molecule has 0 N–H and O–H groups in total. The van der Waals surface area contributed by atoms with Crippen LogP contribution < -0.4 is 5.56 Å². The van der Waals surface area contributed by atoms with Gasteiger partial charge in [-0.05, 0) is 24.8 Å². The smallest absolute Gasteiger partial charge is 0.341 e. The monoisotopic (exact) mass is 302 g/mol. The molecule has 1 aromatic rings. The molecule has 0 spiro atoms. The molecule has 0 radical (unpaired) electrons. The van der Waals surface area contributed by atoms with E-state index in [1.807, 2.05) is 0 Å². The lowest BCUT2D eigenvalue weighted by Gasteiger charge is -2.30. The van der Waals surface area contributed by atoms with Gasteiger partial charge in [0.1, 0.15) is 6.54 Å². The highest BCUT2D eigenvalue weighted by Crippen LogP contribution is 2.28. The lowest BCUT2D eigenvalue weighted by molar-refractivity contribution is -0.139. The molecule has 1 saturated heterocycles. The van der Waals surface area contributed by atoms with Crippen LogP contribution in [0.15, 0.2) is 23.1 Å². The van der Waals surface area contributed by atoms with Gasteiger partial charge in [-0.2, -0.15) is 13.2 Å². The van der Waals surface area contributed by atoms with Gasteiger partial charge in [-0.25, -0.2) is 0 Å². The van der Waals surface area contributed by atoms with Crippen LogP contribution in [0, 0.1) is 5.92 Å². The molecule has 0 bridgehead atoms. The third-order valence-corrected chi connectivity index (χ3v) is 3.75. The Kier molecular flexibility index (Phi) is 4.39. The van der Waals surface area contributed by atoms with Crippen LogP contribution in [-0.4, -0.2) is 28.5 Å². The Hall–Kier alpha value is -1.79. The van der Waals surface area contributed by atoms with Crippen molar-refractivity contribution in [2.45, 2.75) is 32.5 Å². The van der Waals surface area contributed by atoms with Crippen LogP contribution in [-0.2, 0) is 17.5 Å². The van der Waals surface area contributed by atoms with Crippen LogP contribution in [0.5, 0.6) is 0 Å². The quantitative estimate of drug-likeness (QED) is 0.840. The van der Waals surface area contributed by atoms with Gasteiger partial charge in [0.05, 0.1) is 5.56 Å². The molecule has 0 aromatic carbocycles. The standard InChI is InChI=1S/C14H17F3N2O2/c1-10-4-6-18(7-5-10)13(21)9-19-8-11(14(15,16)17)2-3-12(19)20/h2-3,8,10H,4-7,9H2,1H3. The molecule has 2 heterocycles. The number of nitrogens with zero attached hydrogens (tertiary/aromatic N) is 2. The summed E-state index contributed by atoms with van der Waals surface area (Å²) < 4.78 is 38.7. The number of amides is 1.